The summed E-state index contributed by atoms with van der Waals surface area (Å²) in [6.07, 6.45) is 4.29. The van der Waals surface area contributed by atoms with Crippen molar-refractivity contribution in [3.05, 3.63) is 50.4 Å². The molecule has 1 aromatic heterocycles. The van der Waals surface area contributed by atoms with Crippen molar-refractivity contribution in [3.8, 4) is 0 Å². The third kappa shape index (κ3) is 2.30. The second-order valence-electron chi connectivity index (χ2n) is 4.25. The van der Waals surface area contributed by atoms with Crippen molar-refractivity contribution in [3.63, 3.8) is 0 Å². The van der Waals surface area contributed by atoms with Gasteiger partial charge < -0.3 is 5.32 Å². The lowest BCUT2D eigenvalue weighted by molar-refractivity contribution is 0.533. The van der Waals surface area contributed by atoms with E-state index in [0.29, 0.717) is 6.04 Å². The minimum Gasteiger partial charge on any atom is -0.305 e. The molecule has 1 heterocycles. The summed E-state index contributed by atoms with van der Waals surface area (Å²) >= 11 is 5.34. The maximum absolute atomic E-state index is 4.10. The summed E-state index contributed by atoms with van der Waals surface area (Å²) in [4.78, 5) is 5.40. The van der Waals surface area contributed by atoms with Crippen LogP contribution in [0.1, 0.15) is 28.5 Å². The summed E-state index contributed by atoms with van der Waals surface area (Å²) in [7, 11) is 0. The molecular weight excluding hydrogens is 296 g/mol. The Kier molecular flexibility index (Phi) is 3.27. The highest BCUT2D eigenvalue weighted by Gasteiger charge is 2.23. The van der Waals surface area contributed by atoms with E-state index in [9.17, 15) is 0 Å². The standard InChI is InChI=1S/C13H13BrN2S/c14-12-3-1-2-11-10(12)4-5-13(11)16-7-9-6-15-8-17-9/h1-3,6,8,13,16H,4-5,7H2. The molecule has 0 saturated carbocycles. The number of aromatic nitrogens is 1. The van der Waals surface area contributed by atoms with Gasteiger partial charge in [-0.1, -0.05) is 28.1 Å². The van der Waals surface area contributed by atoms with E-state index in [0.717, 1.165) is 13.0 Å². The molecule has 1 aliphatic carbocycles. The summed E-state index contributed by atoms with van der Waals surface area (Å²) in [5, 5.41) is 3.62. The fraction of sp³-hybridized carbons (Fsp3) is 0.308. The maximum Gasteiger partial charge on any atom is 0.0794 e. The first-order valence-corrected chi connectivity index (χ1v) is 7.40. The largest absolute Gasteiger partial charge is 0.305 e. The minimum absolute atomic E-state index is 0.490. The van der Waals surface area contributed by atoms with Crippen molar-refractivity contribution >= 4 is 27.3 Å². The molecule has 0 radical (unpaired) electrons. The van der Waals surface area contributed by atoms with Crippen molar-refractivity contribution in [2.45, 2.75) is 25.4 Å². The molecule has 1 aliphatic rings. The summed E-state index contributed by atoms with van der Waals surface area (Å²) < 4.78 is 1.25. The predicted octanol–water partition coefficient (Wildman–Crippen LogP) is 3.68. The number of nitrogens with zero attached hydrogens (tertiary/aromatic N) is 1. The highest BCUT2D eigenvalue weighted by Crippen LogP contribution is 2.35. The number of hydrogen-bond acceptors (Lipinski definition) is 3. The van der Waals surface area contributed by atoms with Crippen LogP contribution in [0.15, 0.2) is 34.4 Å². The van der Waals surface area contributed by atoms with Crippen LogP contribution in [0.2, 0.25) is 0 Å². The zero-order valence-electron chi connectivity index (χ0n) is 9.32. The van der Waals surface area contributed by atoms with E-state index < -0.39 is 0 Å². The zero-order chi connectivity index (χ0) is 11.7. The van der Waals surface area contributed by atoms with Crippen LogP contribution in [0.5, 0.6) is 0 Å². The molecular formula is C13H13BrN2S. The molecule has 1 atom stereocenters. The Morgan fingerprint density at radius 3 is 3.24 bits per heavy atom. The smallest absolute Gasteiger partial charge is 0.0794 e. The van der Waals surface area contributed by atoms with Crippen molar-refractivity contribution < 1.29 is 0 Å². The van der Waals surface area contributed by atoms with Gasteiger partial charge in [-0.25, -0.2) is 0 Å². The molecule has 0 aliphatic heterocycles. The van der Waals surface area contributed by atoms with Gasteiger partial charge in [0.1, 0.15) is 0 Å². The number of halogens is 1. The second-order valence-corrected chi connectivity index (χ2v) is 6.07. The number of benzene rings is 1. The predicted molar refractivity (Wildman–Crippen MR) is 74.2 cm³/mol. The number of fused-ring (bicyclic) bond motifs is 1. The molecule has 88 valence electrons. The topological polar surface area (TPSA) is 24.9 Å². The second kappa shape index (κ2) is 4.88. The normalized spacial score (nSPS) is 18.3. The fourth-order valence-electron chi connectivity index (χ4n) is 2.37. The van der Waals surface area contributed by atoms with E-state index in [1.807, 2.05) is 11.7 Å². The molecule has 3 rings (SSSR count). The lowest BCUT2D eigenvalue weighted by Gasteiger charge is -2.13. The molecule has 17 heavy (non-hydrogen) atoms. The molecule has 4 heteroatoms. The van der Waals surface area contributed by atoms with Gasteiger partial charge in [-0.05, 0) is 30.0 Å². The van der Waals surface area contributed by atoms with Gasteiger partial charge in [0.2, 0.25) is 0 Å². The Morgan fingerprint density at radius 2 is 2.41 bits per heavy atom. The highest BCUT2D eigenvalue weighted by molar-refractivity contribution is 9.10. The van der Waals surface area contributed by atoms with Crippen molar-refractivity contribution in [1.82, 2.24) is 10.3 Å². The first-order chi connectivity index (χ1) is 8.34. The third-order valence-electron chi connectivity index (χ3n) is 3.22. The molecule has 0 saturated heterocycles. The van der Waals surface area contributed by atoms with E-state index in [1.54, 1.807) is 11.3 Å². The van der Waals surface area contributed by atoms with Gasteiger partial charge >= 0.3 is 0 Å². The van der Waals surface area contributed by atoms with Gasteiger partial charge in [0.25, 0.3) is 0 Å². The average Bonchev–Trinajstić information content (AvgIpc) is 2.95. The maximum atomic E-state index is 4.10. The fourth-order valence-corrected chi connectivity index (χ4v) is 3.50. The number of nitrogens with one attached hydrogen (secondary N) is 1. The molecule has 0 bridgehead atoms. The molecule has 2 nitrogen and oxygen atoms in total. The van der Waals surface area contributed by atoms with E-state index >= 15 is 0 Å². The number of rotatable bonds is 3. The zero-order valence-corrected chi connectivity index (χ0v) is 11.7. The van der Waals surface area contributed by atoms with Crippen LogP contribution in [-0.2, 0) is 13.0 Å². The lowest BCUT2D eigenvalue weighted by atomic mass is 10.1. The Bertz CT molecular complexity index is 510. The van der Waals surface area contributed by atoms with E-state index in [2.05, 4.69) is 44.4 Å². The van der Waals surface area contributed by atoms with Crippen LogP contribution in [0.4, 0.5) is 0 Å². The first kappa shape index (κ1) is 11.4. The van der Waals surface area contributed by atoms with E-state index in [1.165, 1.54) is 26.9 Å². The quantitative estimate of drug-likeness (QED) is 0.935. The highest BCUT2D eigenvalue weighted by atomic mass is 79.9. The van der Waals surface area contributed by atoms with Gasteiger partial charge in [0.05, 0.1) is 5.51 Å². The monoisotopic (exact) mass is 308 g/mol. The van der Waals surface area contributed by atoms with Crippen molar-refractivity contribution in [2.24, 2.45) is 0 Å². The number of thiazole rings is 1. The van der Waals surface area contributed by atoms with Crippen LogP contribution < -0.4 is 5.32 Å². The summed E-state index contributed by atoms with van der Waals surface area (Å²) in [5.41, 5.74) is 4.80. The molecule has 0 amide bonds. The lowest BCUT2D eigenvalue weighted by Crippen LogP contribution is -2.17. The first-order valence-electron chi connectivity index (χ1n) is 5.72. The molecule has 1 N–H and O–H groups in total. The summed E-state index contributed by atoms with van der Waals surface area (Å²) in [6, 6.07) is 6.97. The SMILES string of the molecule is Brc1cccc2c1CCC2NCc1cncs1. The van der Waals surface area contributed by atoms with Crippen molar-refractivity contribution in [1.29, 1.82) is 0 Å². The third-order valence-corrected chi connectivity index (χ3v) is 4.74. The minimum atomic E-state index is 0.490. The van der Waals surface area contributed by atoms with Crippen LogP contribution in [0, 0.1) is 0 Å². The van der Waals surface area contributed by atoms with Crippen molar-refractivity contribution in [2.75, 3.05) is 0 Å². The van der Waals surface area contributed by atoms with Gasteiger partial charge in [-0.3, -0.25) is 4.98 Å². The Balaban J connectivity index is 1.73. The Labute approximate surface area is 113 Å². The average molecular weight is 309 g/mol. The molecule has 1 aromatic carbocycles. The van der Waals surface area contributed by atoms with Crippen LogP contribution in [0.25, 0.3) is 0 Å². The van der Waals surface area contributed by atoms with Gasteiger partial charge in [0.15, 0.2) is 0 Å². The van der Waals surface area contributed by atoms with Crippen LogP contribution in [-0.4, -0.2) is 4.98 Å². The Morgan fingerprint density at radius 1 is 1.47 bits per heavy atom. The van der Waals surface area contributed by atoms with Gasteiger partial charge in [0, 0.05) is 28.1 Å². The number of hydrogen-bond donors (Lipinski definition) is 1. The van der Waals surface area contributed by atoms with Crippen LogP contribution in [0.3, 0.4) is 0 Å². The van der Waals surface area contributed by atoms with E-state index in [-0.39, 0.29) is 0 Å². The molecule has 2 aromatic rings. The molecule has 0 fully saturated rings. The van der Waals surface area contributed by atoms with Crippen LogP contribution >= 0.6 is 27.3 Å². The Hall–Kier alpha value is -0.710. The molecule has 0 spiro atoms. The van der Waals surface area contributed by atoms with Gasteiger partial charge in [-0.2, -0.15) is 0 Å². The molecule has 1 unspecified atom stereocenters. The van der Waals surface area contributed by atoms with Gasteiger partial charge in [-0.15, -0.1) is 11.3 Å². The summed E-state index contributed by atoms with van der Waals surface area (Å²) in [5.74, 6) is 0. The summed E-state index contributed by atoms with van der Waals surface area (Å²) in [6.45, 7) is 0.918. The van der Waals surface area contributed by atoms with E-state index in [4.69, 9.17) is 0 Å².